The van der Waals surface area contributed by atoms with Gasteiger partial charge in [-0.25, -0.2) is 9.97 Å². The third-order valence-electron chi connectivity index (χ3n) is 5.69. The molecule has 0 fully saturated rings. The molecule has 0 aliphatic carbocycles. The summed E-state index contributed by atoms with van der Waals surface area (Å²) in [6.45, 7) is 1.94. The van der Waals surface area contributed by atoms with Gasteiger partial charge >= 0.3 is 0 Å². The van der Waals surface area contributed by atoms with Gasteiger partial charge in [-0.05, 0) is 48.9 Å². The van der Waals surface area contributed by atoms with Crippen LogP contribution in [0.4, 0.5) is 0 Å². The van der Waals surface area contributed by atoms with Crippen molar-refractivity contribution in [2.45, 2.75) is 6.92 Å². The zero-order valence-corrected chi connectivity index (χ0v) is 17.5. The Balaban J connectivity index is 1.52. The van der Waals surface area contributed by atoms with Crippen molar-refractivity contribution in [2.24, 2.45) is 0 Å². The second-order valence-electron chi connectivity index (χ2n) is 7.78. The minimum atomic E-state index is 0.732. The Morgan fingerprint density at radius 2 is 1.41 bits per heavy atom. The second-order valence-corrected chi connectivity index (χ2v) is 7.78. The SMILES string of the molecule is Cc1nc(-c2ccc3oc4ccccc4c3c2)cc(-c2ccccc2-c2cccnc2)n1. The first-order valence-corrected chi connectivity index (χ1v) is 10.5. The maximum absolute atomic E-state index is 5.99. The minimum Gasteiger partial charge on any atom is -0.456 e. The highest BCUT2D eigenvalue weighted by Gasteiger charge is 2.13. The van der Waals surface area contributed by atoms with E-state index < -0.39 is 0 Å². The van der Waals surface area contributed by atoms with Crippen molar-refractivity contribution in [3.63, 3.8) is 0 Å². The number of aromatic nitrogens is 3. The summed E-state index contributed by atoms with van der Waals surface area (Å²) in [6, 6.07) is 28.7. The van der Waals surface area contributed by atoms with Gasteiger partial charge in [0.25, 0.3) is 0 Å². The van der Waals surface area contributed by atoms with Gasteiger partial charge in [-0.3, -0.25) is 4.98 Å². The standard InChI is InChI=1S/C28H19N3O/c1-18-30-25(19-12-13-28-24(15-19)23-10-4-5-11-27(23)32-28)16-26(31-18)22-9-3-2-8-21(22)20-7-6-14-29-17-20/h2-17H,1H3. The van der Waals surface area contributed by atoms with Crippen LogP contribution in [-0.4, -0.2) is 15.0 Å². The number of hydrogen-bond donors (Lipinski definition) is 0. The summed E-state index contributed by atoms with van der Waals surface area (Å²) in [5.41, 5.74) is 7.81. The van der Waals surface area contributed by atoms with Gasteiger partial charge in [-0.2, -0.15) is 0 Å². The molecule has 0 N–H and O–H groups in total. The number of furan rings is 1. The van der Waals surface area contributed by atoms with Crippen molar-refractivity contribution in [3.05, 3.63) is 103 Å². The van der Waals surface area contributed by atoms with Gasteiger partial charge in [0.2, 0.25) is 0 Å². The van der Waals surface area contributed by atoms with E-state index >= 15 is 0 Å². The van der Waals surface area contributed by atoms with E-state index in [-0.39, 0.29) is 0 Å². The van der Waals surface area contributed by atoms with E-state index in [1.54, 1.807) is 6.20 Å². The molecule has 0 amide bonds. The summed E-state index contributed by atoms with van der Waals surface area (Å²) < 4.78 is 5.99. The fourth-order valence-corrected chi connectivity index (χ4v) is 4.22. The fraction of sp³-hybridized carbons (Fsp3) is 0.0357. The molecule has 3 aromatic carbocycles. The van der Waals surface area contributed by atoms with Gasteiger partial charge in [0.05, 0.1) is 11.4 Å². The van der Waals surface area contributed by atoms with E-state index in [0.717, 1.165) is 61.4 Å². The molecule has 152 valence electrons. The lowest BCUT2D eigenvalue weighted by atomic mass is 9.97. The summed E-state index contributed by atoms with van der Waals surface area (Å²) in [5, 5.41) is 2.20. The topological polar surface area (TPSA) is 51.8 Å². The molecule has 0 radical (unpaired) electrons. The lowest BCUT2D eigenvalue weighted by Crippen LogP contribution is -1.96. The molecular weight excluding hydrogens is 394 g/mol. The van der Waals surface area contributed by atoms with Gasteiger partial charge < -0.3 is 4.42 Å². The fourth-order valence-electron chi connectivity index (χ4n) is 4.22. The minimum absolute atomic E-state index is 0.732. The van der Waals surface area contributed by atoms with Crippen molar-refractivity contribution >= 4 is 21.9 Å². The van der Waals surface area contributed by atoms with Gasteiger partial charge in [-0.15, -0.1) is 0 Å². The van der Waals surface area contributed by atoms with Crippen LogP contribution in [0.15, 0.2) is 102 Å². The van der Waals surface area contributed by atoms with Crippen LogP contribution in [0.3, 0.4) is 0 Å². The molecule has 0 bridgehead atoms. The molecule has 0 saturated carbocycles. The third kappa shape index (κ3) is 3.13. The Kier molecular flexibility index (Phi) is 4.29. The van der Waals surface area contributed by atoms with Crippen LogP contribution in [0.2, 0.25) is 0 Å². The highest BCUT2D eigenvalue weighted by atomic mass is 16.3. The molecule has 3 heterocycles. The number of nitrogens with zero attached hydrogens (tertiary/aromatic N) is 3. The zero-order valence-electron chi connectivity index (χ0n) is 17.5. The van der Waals surface area contributed by atoms with Crippen molar-refractivity contribution in [3.8, 4) is 33.6 Å². The monoisotopic (exact) mass is 413 g/mol. The van der Waals surface area contributed by atoms with Crippen LogP contribution >= 0.6 is 0 Å². The van der Waals surface area contributed by atoms with E-state index in [4.69, 9.17) is 14.4 Å². The first-order valence-electron chi connectivity index (χ1n) is 10.5. The second kappa shape index (κ2) is 7.43. The van der Waals surface area contributed by atoms with E-state index in [9.17, 15) is 0 Å². The van der Waals surface area contributed by atoms with Crippen LogP contribution in [0.1, 0.15) is 5.82 Å². The molecule has 32 heavy (non-hydrogen) atoms. The molecule has 0 aliphatic heterocycles. The van der Waals surface area contributed by atoms with Crippen molar-refractivity contribution in [2.75, 3.05) is 0 Å². The maximum atomic E-state index is 5.99. The van der Waals surface area contributed by atoms with Crippen LogP contribution in [0.5, 0.6) is 0 Å². The first kappa shape index (κ1) is 18.5. The average Bonchev–Trinajstić information content (AvgIpc) is 3.22. The predicted molar refractivity (Wildman–Crippen MR) is 128 cm³/mol. The van der Waals surface area contributed by atoms with Crippen LogP contribution in [-0.2, 0) is 0 Å². The number of pyridine rings is 1. The highest BCUT2D eigenvalue weighted by molar-refractivity contribution is 6.06. The van der Waals surface area contributed by atoms with Crippen molar-refractivity contribution in [1.82, 2.24) is 15.0 Å². The first-order chi connectivity index (χ1) is 15.8. The summed E-state index contributed by atoms with van der Waals surface area (Å²) in [7, 11) is 0. The largest absolute Gasteiger partial charge is 0.456 e. The molecule has 3 aromatic heterocycles. The molecule has 6 rings (SSSR count). The third-order valence-corrected chi connectivity index (χ3v) is 5.69. The van der Waals surface area contributed by atoms with Gasteiger partial charge in [-0.1, -0.05) is 48.5 Å². The lowest BCUT2D eigenvalue weighted by molar-refractivity contribution is 0.669. The molecule has 6 aromatic rings. The number of aryl methyl sites for hydroxylation is 1. The van der Waals surface area contributed by atoms with Gasteiger partial charge in [0, 0.05) is 39.9 Å². The lowest BCUT2D eigenvalue weighted by Gasteiger charge is -2.11. The molecule has 4 heteroatoms. The number of para-hydroxylation sites is 1. The Morgan fingerprint density at radius 1 is 0.625 bits per heavy atom. The number of hydrogen-bond acceptors (Lipinski definition) is 4. The molecular formula is C28H19N3O. The molecule has 0 unspecified atom stereocenters. The van der Waals surface area contributed by atoms with E-state index in [2.05, 4.69) is 47.4 Å². The van der Waals surface area contributed by atoms with Crippen molar-refractivity contribution in [1.29, 1.82) is 0 Å². The van der Waals surface area contributed by atoms with E-state index in [1.807, 2.05) is 55.6 Å². The summed E-state index contributed by atoms with van der Waals surface area (Å²) in [4.78, 5) is 13.8. The number of benzene rings is 3. The number of fused-ring (bicyclic) bond motifs is 3. The maximum Gasteiger partial charge on any atom is 0.135 e. The Bertz CT molecular complexity index is 1590. The molecule has 0 aliphatic rings. The molecule has 0 saturated heterocycles. The Labute approximate surface area is 185 Å². The summed E-state index contributed by atoms with van der Waals surface area (Å²) in [6.07, 6.45) is 3.67. The quantitative estimate of drug-likeness (QED) is 0.311. The summed E-state index contributed by atoms with van der Waals surface area (Å²) >= 11 is 0. The molecule has 0 atom stereocenters. The predicted octanol–water partition coefficient (Wildman–Crippen LogP) is 7.08. The summed E-state index contributed by atoms with van der Waals surface area (Å²) in [5.74, 6) is 0.732. The van der Waals surface area contributed by atoms with Crippen molar-refractivity contribution < 1.29 is 4.42 Å². The highest BCUT2D eigenvalue weighted by Crippen LogP contribution is 2.35. The molecule has 0 spiro atoms. The normalized spacial score (nSPS) is 11.3. The van der Waals surface area contributed by atoms with Crippen LogP contribution < -0.4 is 0 Å². The van der Waals surface area contributed by atoms with Crippen LogP contribution in [0.25, 0.3) is 55.6 Å². The molecule has 4 nitrogen and oxygen atoms in total. The van der Waals surface area contributed by atoms with Gasteiger partial charge in [0.1, 0.15) is 17.0 Å². The van der Waals surface area contributed by atoms with E-state index in [1.165, 1.54) is 0 Å². The average molecular weight is 413 g/mol. The van der Waals surface area contributed by atoms with E-state index in [0.29, 0.717) is 0 Å². The Morgan fingerprint density at radius 3 is 2.28 bits per heavy atom. The number of rotatable bonds is 3. The zero-order chi connectivity index (χ0) is 21.5. The van der Waals surface area contributed by atoms with Gasteiger partial charge in [0.15, 0.2) is 0 Å². The Hall–Kier alpha value is -4.31. The smallest absolute Gasteiger partial charge is 0.135 e. The van der Waals surface area contributed by atoms with Crippen LogP contribution in [0, 0.1) is 6.92 Å².